The highest BCUT2D eigenvalue weighted by atomic mass is 19.1. The van der Waals surface area contributed by atoms with Crippen LogP contribution in [-0.4, -0.2) is 33.9 Å². The molecular formula is C20H19F2N5O. The lowest BCUT2D eigenvalue weighted by molar-refractivity contribution is 0.0946. The molecule has 2 N–H and O–H groups in total. The van der Waals surface area contributed by atoms with Crippen molar-refractivity contribution >= 4 is 11.7 Å². The molecule has 8 heteroatoms. The van der Waals surface area contributed by atoms with Crippen molar-refractivity contribution in [1.82, 2.24) is 20.3 Å². The predicted molar refractivity (Wildman–Crippen MR) is 102 cm³/mol. The van der Waals surface area contributed by atoms with Crippen molar-refractivity contribution in [3.8, 4) is 11.5 Å². The summed E-state index contributed by atoms with van der Waals surface area (Å²) in [7, 11) is 0. The second-order valence-corrected chi connectivity index (χ2v) is 6.10. The van der Waals surface area contributed by atoms with E-state index in [0.717, 1.165) is 23.4 Å². The Bertz CT molecular complexity index is 975. The molecule has 0 spiro atoms. The Balaban J connectivity index is 1.65. The molecule has 0 bridgehead atoms. The van der Waals surface area contributed by atoms with E-state index in [0.29, 0.717) is 23.9 Å². The van der Waals surface area contributed by atoms with E-state index in [2.05, 4.69) is 25.6 Å². The van der Waals surface area contributed by atoms with Gasteiger partial charge in [0.25, 0.3) is 5.91 Å². The predicted octanol–water partition coefficient (Wildman–Crippen LogP) is 3.28. The molecular weight excluding hydrogens is 364 g/mol. The SMILES string of the molecule is Cc1nc(-c2ccccn2)nc(NCCNC(=O)c2c(F)cccc2F)c1C. The summed E-state index contributed by atoms with van der Waals surface area (Å²) >= 11 is 0. The van der Waals surface area contributed by atoms with Crippen molar-refractivity contribution in [2.45, 2.75) is 13.8 Å². The summed E-state index contributed by atoms with van der Waals surface area (Å²) < 4.78 is 27.3. The fourth-order valence-corrected chi connectivity index (χ4v) is 2.57. The van der Waals surface area contributed by atoms with E-state index < -0.39 is 23.1 Å². The molecule has 2 heterocycles. The molecule has 0 fully saturated rings. The number of nitrogens with one attached hydrogen (secondary N) is 2. The van der Waals surface area contributed by atoms with Crippen LogP contribution in [0.1, 0.15) is 21.6 Å². The first-order valence-corrected chi connectivity index (χ1v) is 8.70. The van der Waals surface area contributed by atoms with Crippen LogP contribution < -0.4 is 10.6 Å². The lowest BCUT2D eigenvalue weighted by atomic mass is 10.2. The Morgan fingerprint density at radius 1 is 1.00 bits per heavy atom. The summed E-state index contributed by atoms with van der Waals surface area (Å²) in [6, 6.07) is 8.78. The van der Waals surface area contributed by atoms with Crippen LogP contribution in [0, 0.1) is 25.5 Å². The van der Waals surface area contributed by atoms with Gasteiger partial charge in [0.2, 0.25) is 0 Å². The molecule has 144 valence electrons. The number of anilines is 1. The van der Waals surface area contributed by atoms with Gasteiger partial charge >= 0.3 is 0 Å². The zero-order valence-corrected chi connectivity index (χ0v) is 15.5. The highest BCUT2D eigenvalue weighted by Gasteiger charge is 2.16. The molecule has 6 nitrogen and oxygen atoms in total. The number of aromatic nitrogens is 3. The Labute approximate surface area is 161 Å². The highest BCUT2D eigenvalue weighted by Crippen LogP contribution is 2.20. The van der Waals surface area contributed by atoms with Crippen LogP contribution >= 0.6 is 0 Å². The van der Waals surface area contributed by atoms with E-state index in [1.807, 2.05) is 32.0 Å². The molecule has 3 rings (SSSR count). The molecule has 0 saturated heterocycles. The fraction of sp³-hybridized carbons (Fsp3) is 0.200. The number of halogens is 2. The zero-order valence-electron chi connectivity index (χ0n) is 15.5. The van der Waals surface area contributed by atoms with Gasteiger partial charge in [-0.2, -0.15) is 0 Å². The third kappa shape index (κ3) is 4.28. The van der Waals surface area contributed by atoms with Gasteiger partial charge in [0.05, 0.1) is 0 Å². The summed E-state index contributed by atoms with van der Waals surface area (Å²) in [5.41, 5.74) is 1.73. The van der Waals surface area contributed by atoms with Gasteiger partial charge in [-0.25, -0.2) is 18.7 Å². The minimum Gasteiger partial charge on any atom is -0.368 e. The molecule has 0 unspecified atom stereocenters. The van der Waals surface area contributed by atoms with Gasteiger partial charge in [0.15, 0.2) is 5.82 Å². The van der Waals surface area contributed by atoms with Crippen LogP contribution in [0.25, 0.3) is 11.5 Å². The molecule has 0 aliphatic heterocycles. The maximum absolute atomic E-state index is 13.6. The van der Waals surface area contributed by atoms with Crippen molar-refractivity contribution in [2.24, 2.45) is 0 Å². The molecule has 0 atom stereocenters. The van der Waals surface area contributed by atoms with Crippen molar-refractivity contribution in [1.29, 1.82) is 0 Å². The highest BCUT2D eigenvalue weighted by molar-refractivity contribution is 5.94. The van der Waals surface area contributed by atoms with Crippen LogP contribution in [-0.2, 0) is 0 Å². The molecule has 0 radical (unpaired) electrons. The van der Waals surface area contributed by atoms with E-state index in [4.69, 9.17) is 0 Å². The number of carbonyl (C=O) groups is 1. The Hall–Kier alpha value is -3.42. The van der Waals surface area contributed by atoms with Crippen molar-refractivity contribution < 1.29 is 13.6 Å². The zero-order chi connectivity index (χ0) is 20.1. The molecule has 1 amide bonds. The van der Waals surface area contributed by atoms with Gasteiger partial charge in [-0.3, -0.25) is 9.78 Å². The van der Waals surface area contributed by atoms with Crippen molar-refractivity contribution in [2.75, 3.05) is 18.4 Å². The number of rotatable bonds is 6. The van der Waals surface area contributed by atoms with Gasteiger partial charge in [-0.1, -0.05) is 12.1 Å². The molecule has 0 aliphatic carbocycles. The number of nitrogens with zero attached hydrogens (tertiary/aromatic N) is 3. The average Bonchev–Trinajstić information content (AvgIpc) is 2.68. The summed E-state index contributed by atoms with van der Waals surface area (Å²) in [6.07, 6.45) is 1.67. The standard InChI is InChI=1S/C20H19F2N5O/c1-12-13(2)26-19(16-8-3-4-9-23-16)27-18(12)24-10-11-25-20(28)17-14(21)6-5-7-15(17)22/h3-9H,10-11H2,1-2H3,(H,25,28)(H,24,26,27). The van der Waals surface area contributed by atoms with Crippen LogP contribution in [0.5, 0.6) is 0 Å². The van der Waals surface area contributed by atoms with Gasteiger partial charge in [-0.05, 0) is 38.1 Å². The Kier molecular flexibility index (Phi) is 5.88. The van der Waals surface area contributed by atoms with Gasteiger partial charge in [0.1, 0.15) is 28.7 Å². The largest absolute Gasteiger partial charge is 0.368 e. The first-order chi connectivity index (χ1) is 13.5. The number of benzene rings is 1. The second-order valence-electron chi connectivity index (χ2n) is 6.10. The van der Waals surface area contributed by atoms with Gasteiger partial charge in [0, 0.05) is 30.5 Å². The lowest BCUT2D eigenvalue weighted by Crippen LogP contribution is -2.30. The number of pyridine rings is 1. The van der Waals surface area contributed by atoms with E-state index in [1.54, 1.807) is 6.20 Å². The minimum atomic E-state index is -0.896. The number of aryl methyl sites for hydroxylation is 1. The first kappa shape index (κ1) is 19.3. The Morgan fingerprint density at radius 3 is 2.43 bits per heavy atom. The Morgan fingerprint density at radius 2 is 1.75 bits per heavy atom. The van der Waals surface area contributed by atoms with Gasteiger partial charge < -0.3 is 10.6 Å². The third-order valence-corrected chi connectivity index (χ3v) is 4.18. The van der Waals surface area contributed by atoms with Crippen LogP contribution in [0.3, 0.4) is 0 Å². The third-order valence-electron chi connectivity index (χ3n) is 4.18. The van der Waals surface area contributed by atoms with E-state index in [-0.39, 0.29) is 6.54 Å². The summed E-state index contributed by atoms with van der Waals surface area (Å²) in [5.74, 6) is -1.49. The smallest absolute Gasteiger partial charge is 0.257 e. The quantitative estimate of drug-likeness (QED) is 0.639. The number of hydrogen-bond donors (Lipinski definition) is 2. The summed E-state index contributed by atoms with van der Waals surface area (Å²) in [4.78, 5) is 25.2. The lowest BCUT2D eigenvalue weighted by Gasteiger charge is -2.13. The number of amides is 1. The second kappa shape index (κ2) is 8.51. The average molecular weight is 383 g/mol. The molecule has 0 saturated carbocycles. The topological polar surface area (TPSA) is 79.8 Å². The molecule has 2 aromatic heterocycles. The minimum absolute atomic E-state index is 0.161. The van der Waals surface area contributed by atoms with E-state index >= 15 is 0 Å². The van der Waals surface area contributed by atoms with Gasteiger partial charge in [-0.15, -0.1) is 0 Å². The first-order valence-electron chi connectivity index (χ1n) is 8.70. The van der Waals surface area contributed by atoms with Crippen molar-refractivity contribution in [3.05, 3.63) is 71.1 Å². The maximum atomic E-state index is 13.6. The van der Waals surface area contributed by atoms with Crippen molar-refractivity contribution in [3.63, 3.8) is 0 Å². The monoisotopic (exact) mass is 383 g/mol. The number of hydrogen-bond acceptors (Lipinski definition) is 5. The van der Waals surface area contributed by atoms with E-state index in [1.165, 1.54) is 6.07 Å². The molecule has 0 aliphatic rings. The fourth-order valence-electron chi connectivity index (χ4n) is 2.57. The maximum Gasteiger partial charge on any atom is 0.257 e. The number of carbonyl (C=O) groups excluding carboxylic acids is 1. The van der Waals surface area contributed by atoms with E-state index in [9.17, 15) is 13.6 Å². The van der Waals surface area contributed by atoms with Crippen LogP contribution in [0.2, 0.25) is 0 Å². The summed E-state index contributed by atoms with van der Waals surface area (Å²) in [6.45, 7) is 4.24. The van der Waals surface area contributed by atoms with Crippen LogP contribution in [0.15, 0.2) is 42.6 Å². The van der Waals surface area contributed by atoms with Crippen LogP contribution in [0.4, 0.5) is 14.6 Å². The summed E-state index contributed by atoms with van der Waals surface area (Å²) in [5, 5.41) is 5.61. The molecule has 1 aromatic carbocycles. The normalized spacial score (nSPS) is 10.6. The molecule has 28 heavy (non-hydrogen) atoms. The molecule has 3 aromatic rings.